The minimum Gasteiger partial charge on any atom is -0.465 e. The molecule has 1 heterocycles. The Morgan fingerprint density at radius 2 is 1.85 bits per heavy atom. The van der Waals surface area contributed by atoms with Gasteiger partial charge in [0.25, 0.3) is 0 Å². The lowest BCUT2D eigenvalue weighted by molar-refractivity contribution is 0.0601. The number of rotatable bonds is 6. The van der Waals surface area contributed by atoms with Gasteiger partial charge in [-0.15, -0.1) is 5.10 Å². The van der Waals surface area contributed by atoms with Crippen LogP contribution in [-0.4, -0.2) is 34.0 Å². The van der Waals surface area contributed by atoms with Crippen LogP contribution in [0.1, 0.15) is 27.6 Å². The molecule has 0 unspecified atom stereocenters. The second-order valence-electron chi connectivity index (χ2n) is 5.59. The molecular formula is C19H17N5O3. The number of carbonyl (C=O) groups excluding carboxylic acids is 2. The molecule has 3 rings (SSSR count). The average molecular weight is 363 g/mol. The van der Waals surface area contributed by atoms with E-state index in [1.165, 1.54) is 20.2 Å². The van der Waals surface area contributed by atoms with E-state index in [-0.39, 0.29) is 11.7 Å². The molecule has 8 nitrogen and oxygen atoms in total. The van der Waals surface area contributed by atoms with E-state index < -0.39 is 5.97 Å². The van der Waals surface area contributed by atoms with Crippen molar-refractivity contribution >= 4 is 34.9 Å². The molecule has 0 fully saturated rings. The maximum absolute atomic E-state index is 11.9. The van der Waals surface area contributed by atoms with Crippen molar-refractivity contribution in [2.24, 2.45) is 0 Å². The minimum atomic E-state index is -0.471. The van der Waals surface area contributed by atoms with Crippen molar-refractivity contribution in [3.63, 3.8) is 0 Å². The van der Waals surface area contributed by atoms with Crippen LogP contribution in [0.3, 0.4) is 0 Å². The number of methoxy groups -OCH3 is 1. The number of benzene rings is 2. The first-order valence-electron chi connectivity index (χ1n) is 8.09. The standard InChI is InChI=1S/C19H17N5O3/c1-12(25)13-6-5-7-14(10-13)21-17-11-20-24-19(23-17)22-16-9-4-3-8-15(16)18(26)27-2/h3-11H,1-2H3,(H2,21,22,23,24). The highest BCUT2D eigenvalue weighted by molar-refractivity contribution is 5.96. The van der Waals surface area contributed by atoms with Crippen molar-refractivity contribution < 1.29 is 14.3 Å². The second-order valence-corrected chi connectivity index (χ2v) is 5.59. The molecule has 0 spiro atoms. The summed E-state index contributed by atoms with van der Waals surface area (Å²) in [4.78, 5) is 27.7. The van der Waals surface area contributed by atoms with Gasteiger partial charge in [0.15, 0.2) is 11.6 Å². The highest BCUT2D eigenvalue weighted by Crippen LogP contribution is 2.21. The van der Waals surface area contributed by atoms with Gasteiger partial charge in [-0.05, 0) is 31.2 Å². The first-order valence-corrected chi connectivity index (χ1v) is 8.09. The Bertz CT molecular complexity index is 990. The molecule has 2 N–H and O–H groups in total. The van der Waals surface area contributed by atoms with E-state index in [0.717, 1.165) is 0 Å². The fourth-order valence-electron chi connectivity index (χ4n) is 2.38. The summed E-state index contributed by atoms with van der Waals surface area (Å²) in [5.41, 5.74) is 2.15. The zero-order valence-corrected chi connectivity index (χ0v) is 14.8. The number of hydrogen-bond acceptors (Lipinski definition) is 8. The molecule has 0 aliphatic carbocycles. The van der Waals surface area contributed by atoms with E-state index in [4.69, 9.17) is 4.74 Å². The monoisotopic (exact) mass is 363 g/mol. The smallest absolute Gasteiger partial charge is 0.339 e. The van der Waals surface area contributed by atoms with Gasteiger partial charge in [-0.3, -0.25) is 4.79 Å². The number of para-hydroxylation sites is 1. The van der Waals surface area contributed by atoms with Gasteiger partial charge in [-0.2, -0.15) is 10.1 Å². The SMILES string of the molecule is COC(=O)c1ccccc1Nc1nncc(Nc2cccc(C(C)=O)c2)n1. The maximum Gasteiger partial charge on any atom is 0.339 e. The van der Waals surface area contributed by atoms with Crippen LogP contribution >= 0.6 is 0 Å². The summed E-state index contributed by atoms with van der Waals surface area (Å²) in [7, 11) is 1.32. The molecule has 0 amide bonds. The molecule has 0 bridgehead atoms. The lowest BCUT2D eigenvalue weighted by Gasteiger charge is -2.10. The third-order valence-electron chi connectivity index (χ3n) is 3.68. The highest BCUT2D eigenvalue weighted by atomic mass is 16.5. The molecule has 2 aromatic carbocycles. The molecule has 0 saturated heterocycles. The van der Waals surface area contributed by atoms with Gasteiger partial charge in [0.2, 0.25) is 5.95 Å². The Morgan fingerprint density at radius 3 is 2.63 bits per heavy atom. The van der Waals surface area contributed by atoms with E-state index >= 15 is 0 Å². The van der Waals surface area contributed by atoms with Gasteiger partial charge in [0.1, 0.15) is 0 Å². The molecule has 0 atom stereocenters. The Kier molecular flexibility index (Phi) is 5.36. The molecule has 8 heteroatoms. The number of Topliss-reactive ketones (excluding diaryl/α,β-unsaturated/α-hetero) is 1. The van der Waals surface area contributed by atoms with Crippen molar-refractivity contribution in [1.29, 1.82) is 0 Å². The van der Waals surface area contributed by atoms with Gasteiger partial charge >= 0.3 is 5.97 Å². The molecule has 1 aromatic heterocycles. The number of nitrogens with one attached hydrogen (secondary N) is 2. The van der Waals surface area contributed by atoms with Crippen LogP contribution in [-0.2, 0) is 4.74 Å². The zero-order chi connectivity index (χ0) is 19.2. The molecule has 3 aromatic rings. The summed E-state index contributed by atoms with van der Waals surface area (Å²) >= 11 is 0. The summed E-state index contributed by atoms with van der Waals surface area (Å²) in [5, 5.41) is 13.9. The van der Waals surface area contributed by atoms with E-state index in [0.29, 0.717) is 28.3 Å². The van der Waals surface area contributed by atoms with Crippen LogP contribution in [0.15, 0.2) is 54.7 Å². The summed E-state index contributed by atoms with van der Waals surface area (Å²) in [6.07, 6.45) is 1.46. The molecule has 0 aliphatic heterocycles. The third kappa shape index (κ3) is 4.43. The van der Waals surface area contributed by atoms with Crippen molar-refractivity contribution in [2.45, 2.75) is 6.92 Å². The summed E-state index contributed by atoms with van der Waals surface area (Å²) in [6.45, 7) is 1.51. The maximum atomic E-state index is 11.9. The predicted octanol–water partition coefficient (Wildman–Crippen LogP) is 3.35. The van der Waals surface area contributed by atoms with E-state index in [2.05, 4.69) is 25.8 Å². The number of carbonyl (C=O) groups is 2. The second kappa shape index (κ2) is 8.05. The zero-order valence-electron chi connectivity index (χ0n) is 14.8. The van der Waals surface area contributed by atoms with Crippen LogP contribution in [0.2, 0.25) is 0 Å². The Labute approximate surface area is 155 Å². The van der Waals surface area contributed by atoms with E-state index in [1.807, 2.05) is 6.07 Å². The molecule has 0 saturated carbocycles. The lowest BCUT2D eigenvalue weighted by Crippen LogP contribution is -2.08. The minimum absolute atomic E-state index is 0.0266. The number of hydrogen-bond donors (Lipinski definition) is 2. The Balaban J connectivity index is 1.82. The quantitative estimate of drug-likeness (QED) is 0.507. The van der Waals surface area contributed by atoms with Crippen LogP contribution < -0.4 is 10.6 Å². The van der Waals surface area contributed by atoms with Gasteiger partial charge in [-0.25, -0.2) is 4.79 Å². The number of nitrogens with zero attached hydrogens (tertiary/aromatic N) is 3. The Hall–Kier alpha value is -3.81. The first-order chi connectivity index (χ1) is 13.1. The summed E-state index contributed by atoms with van der Waals surface area (Å²) in [5.74, 6) is 0.144. The summed E-state index contributed by atoms with van der Waals surface area (Å²) < 4.78 is 4.77. The normalized spacial score (nSPS) is 10.1. The molecule has 27 heavy (non-hydrogen) atoms. The number of ether oxygens (including phenoxy) is 1. The first kappa shape index (κ1) is 18.0. The number of ketones is 1. The predicted molar refractivity (Wildman–Crippen MR) is 101 cm³/mol. The van der Waals surface area contributed by atoms with Crippen LogP contribution in [0.4, 0.5) is 23.1 Å². The van der Waals surface area contributed by atoms with Crippen LogP contribution in [0.5, 0.6) is 0 Å². The average Bonchev–Trinajstić information content (AvgIpc) is 2.68. The number of esters is 1. The van der Waals surface area contributed by atoms with Crippen molar-refractivity contribution in [3.05, 3.63) is 65.9 Å². The van der Waals surface area contributed by atoms with E-state index in [9.17, 15) is 9.59 Å². The number of aromatic nitrogens is 3. The van der Waals surface area contributed by atoms with Crippen molar-refractivity contribution in [2.75, 3.05) is 17.7 Å². The van der Waals surface area contributed by atoms with Gasteiger partial charge in [-0.1, -0.05) is 24.3 Å². The third-order valence-corrected chi connectivity index (χ3v) is 3.68. The molecule has 0 aliphatic rings. The molecule has 136 valence electrons. The van der Waals surface area contributed by atoms with E-state index in [1.54, 1.807) is 42.5 Å². The van der Waals surface area contributed by atoms with Crippen LogP contribution in [0, 0.1) is 0 Å². The summed E-state index contributed by atoms with van der Waals surface area (Å²) in [6, 6.07) is 13.9. The fraction of sp³-hybridized carbons (Fsp3) is 0.105. The van der Waals surface area contributed by atoms with Gasteiger partial charge < -0.3 is 15.4 Å². The number of anilines is 4. The molecular weight excluding hydrogens is 346 g/mol. The van der Waals surface area contributed by atoms with Gasteiger partial charge in [0, 0.05) is 11.3 Å². The van der Waals surface area contributed by atoms with Crippen molar-refractivity contribution in [3.8, 4) is 0 Å². The Morgan fingerprint density at radius 1 is 1.04 bits per heavy atom. The lowest BCUT2D eigenvalue weighted by atomic mass is 10.1. The largest absolute Gasteiger partial charge is 0.465 e. The highest BCUT2D eigenvalue weighted by Gasteiger charge is 2.12. The topological polar surface area (TPSA) is 106 Å². The van der Waals surface area contributed by atoms with Crippen molar-refractivity contribution in [1.82, 2.24) is 15.2 Å². The van der Waals surface area contributed by atoms with Gasteiger partial charge in [0.05, 0.1) is 24.6 Å². The fourth-order valence-corrected chi connectivity index (χ4v) is 2.38. The molecule has 0 radical (unpaired) electrons. The van der Waals surface area contributed by atoms with Crippen LogP contribution in [0.25, 0.3) is 0 Å².